The van der Waals surface area contributed by atoms with Gasteiger partial charge in [0.25, 0.3) is 0 Å². The Balaban J connectivity index is 2.21. The number of halogens is 1. The van der Waals surface area contributed by atoms with Gasteiger partial charge in [0.2, 0.25) is 0 Å². The van der Waals surface area contributed by atoms with Gasteiger partial charge in [0.1, 0.15) is 10.4 Å². The predicted molar refractivity (Wildman–Crippen MR) is 55.5 cm³/mol. The molecule has 0 fully saturated rings. The summed E-state index contributed by atoms with van der Waals surface area (Å²) < 4.78 is 3.34. The van der Waals surface area contributed by atoms with Crippen molar-refractivity contribution < 1.29 is 0 Å². The number of fused-ring (bicyclic) bond motifs is 1. The molecule has 3 nitrogen and oxygen atoms in total. The molecule has 72 valence electrons. The SMILES string of the molecule is CC(C)N1CCn2c(Br)cnc2C1. The standard InChI is InChI=1S/C9H14BrN3/c1-7(2)12-3-4-13-8(10)5-11-9(13)6-12/h5,7H,3-4,6H2,1-2H3. The average Bonchev–Trinajstić information content (AvgIpc) is 2.47. The Morgan fingerprint density at radius 2 is 2.23 bits per heavy atom. The summed E-state index contributed by atoms with van der Waals surface area (Å²) in [5.41, 5.74) is 0. The van der Waals surface area contributed by atoms with Crippen molar-refractivity contribution in [1.82, 2.24) is 14.5 Å². The Morgan fingerprint density at radius 3 is 2.92 bits per heavy atom. The van der Waals surface area contributed by atoms with Crippen LogP contribution in [0.25, 0.3) is 0 Å². The molecule has 2 rings (SSSR count). The Labute approximate surface area is 86.9 Å². The third-order valence-corrected chi connectivity index (χ3v) is 3.21. The molecule has 4 heteroatoms. The third-order valence-electron chi connectivity index (χ3n) is 2.58. The molecule has 0 bridgehead atoms. The summed E-state index contributed by atoms with van der Waals surface area (Å²) in [6.45, 7) is 7.61. The molecule has 13 heavy (non-hydrogen) atoms. The summed E-state index contributed by atoms with van der Waals surface area (Å²) in [4.78, 5) is 6.80. The van der Waals surface area contributed by atoms with Gasteiger partial charge in [-0.15, -0.1) is 0 Å². The van der Waals surface area contributed by atoms with E-state index in [2.05, 4.69) is 44.2 Å². The Morgan fingerprint density at radius 1 is 1.46 bits per heavy atom. The number of rotatable bonds is 1. The Bertz CT molecular complexity index is 306. The predicted octanol–water partition coefficient (Wildman–Crippen LogP) is 1.87. The van der Waals surface area contributed by atoms with E-state index < -0.39 is 0 Å². The summed E-state index contributed by atoms with van der Waals surface area (Å²) in [5.74, 6) is 1.17. The second kappa shape index (κ2) is 3.42. The molecule has 0 aliphatic carbocycles. The molecular formula is C9H14BrN3. The number of hydrogen-bond donors (Lipinski definition) is 0. The van der Waals surface area contributed by atoms with Crippen molar-refractivity contribution in [2.45, 2.75) is 33.0 Å². The van der Waals surface area contributed by atoms with Gasteiger partial charge in [0.15, 0.2) is 0 Å². The fourth-order valence-corrected chi connectivity index (χ4v) is 2.17. The molecule has 1 aromatic heterocycles. The van der Waals surface area contributed by atoms with Crippen LogP contribution in [0.15, 0.2) is 10.8 Å². The van der Waals surface area contributed by atoms with Crippen LogP contribution in [0, 0.1) is 0 Å². The first kappa shape index (κ1) is 9.21. The van der Waals surface area contributed by atoms with Crippen LogP contribution in [-0.2, 0) is 13.1 Å². The number of nitrogens with zero attached hydrogens (tertiary/aromatic N) is 3. The van der Waals surface area contributed by atoms with Crippen LogP contribution in [0.1, 0.15) is 19.7 Å². The number of aromatic nitrogens is 2. The summed E-state index contributed by atoms with van der Waals surface area (Å²) in [6, 6.07) is 0.615. The minimum absolute atomic E-state index is 0.615. The molecule has 0 aromatic carbocycles. The van der Waals surface area contributed by atoms with Gasteiger partial charge < -0.3 is 4.57 Å². The zero-order chi connectivity index (χ0) is 9.42. The fourth-order valence-electron chi connectivity index (χ4n) is 1.68. The van der Waals surface area contributed by atoms with Crippen LogP contribution >= 0.6 is 15.9 Å². The first-order valence-electron chi connectivity index (χ1n) is 4.62. The van der Waals surface area contributed by atoms with Crippen molar-refractivity contribution in [3.63, 3.8) is 0 Å². The lowest BCUT2D eigenvalue weighted by atomic mass is 10.2. The molecule has 1 aliphatic rings. The summed E-state index contributed by atoms with van der Waals surface area (Å²) in [5, 5.41) is 0. The Hall–Kier alpha value is -0.350. The van der Waals surface area contributed by atoms with E-state index in [1.165, 1.54) is 5.82 Å². The first-order valence-corrected chi connectivity index (χ1v) is 5.41. The molecule has 0 saturated carbocycles. The lowest BCUT2D eigenvalue weighted by Gasteiger charge is -2.30. The molecule has 0 radical (unpaired) electrons. The van der Waals surface area contributed by atoms with Crippen LogP contribution in [0.4, 0.5) is 0 Å². The van der Waals surface area contributed by atoms with Crippen molar-refractivity contribution in [1.29, 1.82) is 0 Å². The summed E-state index contributed by atoms with van der Waals surface area (Å²) in [7, 11) is 0. The van der Waals surface area contributed by atoms with E-state index in [1.54, 1.807) is 0 Å². The van der Waals surface area contributed by atoms with Crippen LogP contribution in [0.2, 0.25) is 0 Å². The highest BCUT2D eigenvalue weighted by Crippen LogP contribution is 2.19. The van der Waals surface area contributed by atoms with E-state index in [0.717, 1.165) is 24.2 Å². The third kappa shape index (κ3) is 1.65. The van der Waals surface area contributed by atoms with Gasteiger partial charge in [-0.1, -0.05) is 0 Å². The zero-order valence-corrected chi connectivity index (χ0v) is 9.58. The minimum Gasteiger partial charge on any atom is -0.320 e. The van der Waals surface area contributed by atoms with Crippen LogP contribution in [-0.4, -0.2) is 27.0 Å². The van der Waals surface area contributed by atoms with Crippen LogP contribution in [0.3, 0.4) is 0 Å². The average molecular weight is 244 g/mol. The molecule has 2 heterocycles. The second-order valence-electron chi connectivity index (χ2n) is 3.71. The molecule has 0 atom stereocenters. The molecule has 0 unspecified atom stereocenters. The topological polar surface area (TPSA) is 21.1 Å². The van der Waals surface area contributed by atoms with E-state index in [1.807, 2.05) is 6.20 Å². The maximum atomic E-state index is 4.36. The maximum Gasteiger partial charge on any atom is 0.123 e. The van der Waals surface area contributed by atoms with Gasteiger partial charge in [0, 0.05) is 19.1 Å². The number of hydrogen-bond acceptors (Lipinski definition) is 2. The van der Waals surface area contributed by atoms with Gasteiger partial charge in [-0.3, -0.25) is 4.90 Å². The van der Waals surface area contributed by atoms with Crippen molar-refractivity contribution >= 4 is 15.9 Å². The molecule has 0 N–H and O–H groups in total. The van der Waals surface area contributed by atoms with Gasteiger partial charge in [-0.05, 0) is 29.8 Å². The largest absolute Gasteiger partial charge is 0.320 e. The first-order chi connectivity index (χ1) is 6.18. The molecule has 1 aliphatic heterocycles. The lowest BCUT2D eigenvalue weighted by molar-refractivity contribution is 0.172. The summed E-state index contributed by atoms with van der Waals surface area (Å²) >= 11 is 3.49. The van der Waals surface area contributed by atoms with Crippen LogP contribution < -0.4 is 0 Å². The lowest BCUT2D eigenvalue weighted by Crippen LogP contribution is -2.38. The maximum absolute atomic E-state index is 4.36. The van der Waals surface area contributed by atoms with Gasteiger partial charge in [0.05, 0.1) is 12.7 Å². The van der Waals surface area contributed by atoms with Crippen molar-refractivity contribution in [3.05, 3.63) is 16.6 Å². The monoisotopic (exact) mass is 243 g/mol. The quantitative estimate of drug-likeness (QED) is 0.752. The molecule has 0 saturated heterocycles. The Kier molecular flexibility index (Phi) is 2.43. The van der Waals surface area contributed by atoms with E-state index in [4.69, 9.17) is 0 Å². The molecule has 0 amide bonds. The van der Waals surface area contributed by atoms with E-state index in [9.17, 15) is 0 Å². The molecular weight excluding hydrogens is 230 g/mol. The molecule has 1 aromatic rings. The fraction of sp³-hybridized carbons (Fsp3) is 0.667. The minimum atomic E-state index is 0.615. The number of imidazole rings is 1. The van der Waals surface area contributed by atoms with Crippen molar-refractivity contribution in [2.24, 2.45) is 0 Å². The van der Waals surface area contributed by atoms with Crippen LogP contribution in [0.5, 0.6) is 0 Å². The smallest absolute Gasteiger partial charge is 0.123 e. The zero-order valence-electron chi connectivity index (χ0n) is 8.00. The van der Waals surface area contributed by atoms with E-state index >= 15 is 0 Å². The van der Waals surface area contributed by atoms with Gasteiger partial charge in [-0.2, -0.15) is 0 Å². The van der Waals surface area contributed by atoms with Crippen molar-refractivity contribution in [3.8, 4) is 0 Å². The van der Waals surface area contributed by atoms with Gasteiger partial charge in [-0.25, -0.2) is 4.98 Å². The summed E-state index contributed by atoms with van der Waals surface area (Å²) in [6.07, 6.45) is 1.89. The highest BCUT2D eigenvalue weighted by Gasteiger charge is 2.20. The highest BCUT2D eigenvalue weighted by atomic mass is 79.9. The van der Waals surface area contributed by atoms with Gasteiger partial charge >= 0.3 is 0 Å². The normalized spacial score (nSPS) is 17.8. The second-order valence-corrected chi connectivity index (χ2v) is 4.53. The van der Waals surface area contributed by atoms with E-state index in [-0.39, 0.29) is 0 Å². The highest BCUT2D eigenvalue weighted by molar-refractivity contribution is 9.10. The molecule has 0 spiro atoms. The van der Waals surface area contributed by atoms with E-state index in [0.29, 0.717) is 6.04 Å². The van der Waals surface area contributed by atoms with Crippen molar-refractivity contribution in [2.75, 3.05) is 6.54 Å².